The lowest BCUT2D eigenvalue weighted by atomic mass is 9.72. The van der Waals surface area contributed by atoms with E-state index >= 15 is 0 Å². The minimum absolute atomic E-state index is 0.0972. The lowest BCUT2D eigenvalue weighted by molar-refractivity contribution is -0.00777. The molecule has 0 radical (unpaired) electrons. The molecule has 2 atom stereocenters. The van der Waals surface area contributed by atoms with Crippen LogP contribution in [0.15, 0.2) is 24.3 Å². The molecule has 0 bridgehead atoms. The summed E-state index contributed by atoms with van der Waals surface area (Å²) in [6, 6.07) is 6.47. The Balaban J connectivity index is 2.01. The standard InChI is InChI=1S/C21H20O6/c1-21(25)8-10-4-5-11-16(15(10)12(22)9-21)20(24)18-14(27-3)7-6-13(26-2)17(18)19(11)23/h4-7,12,22,25H,8-9H2,1-3H3. The van der Waals surface area contributed by atoms with E-state index in [1.54, 1.807) is 31.2 Å². The van der Waals surface area contributed by atoms with Gasteiger partial charge in [-0.15, -0.1) is 0 Å². The third-order valence-electron chi connectivity index (χ3n) is 5.37. The van der Waals surface area contributed by atoms with Gasteiger partial charge in [0.15, 0.2) is 11.6 Å². The zero-order chi connectivity index (χ0) is 19.5. The number of benzene rings is 2. The van der Waals surface area contributed by atoms with Gasteiger partial charge >= 0.3 is 0 Å². The summed E-state index contributed by atoms with van der Waals surface area (Å²) in [5.41, 5.74) is 0.773. The van der Waals surface area contributed by atoms with E-state index in [-0.39, 0.29) is 46.0 Å². The van der Waals surface area contributed by atoms with E-state index in [1.807, 2.05) is 0 Å². The number of aliphatic hydroxyl groups excluding tert-OH is 1. The maximum absolute atomic E-state index is 13.4. The van der Waals surface area contributed by atoms with Crippen LogP contribution in [0.2, 0.25) is 0 Å². The highest BCUT2D eigenvalue weighted by Crippen LogP contribution is 2.44. The summed E-state index contributed by atoms with van der Waals surface area (Å²) in [5, 5.41) is 21.0. The summed E-state index contributed by atoms with van der Waals surface area (Å²) >= 11 is 0. The first kappa shape index (κ1) is 17.7. The van der Waals surface area contributed by atoms with Crippen LogP contribution in [0.5, 0.6) is 11.5 Å². The zero-order valence-corrected chi connectivity index (χ0v) is 15.3. The molecule has 0 saturated carbocycles. The first-order chi connectivity index (χ1) is 12.8. The molecule has 0 heterocycles. The van der Waals surface area contributed by atoms with Gasteiger partial charge in [-0.3, -0.25) is 9.59 Å². The highest BCUT2D eigenvalue weighted by Gasteiger charge is 2.42. The molecule has 0 fully saturated rings. The van der Waals surface area contributed by atoms with Gasteiger partial charge in [-0.25, -0.2) is 0 Å². The Hall–Kier alpha value is -2.70. The molecular weight excluding hydrogens is 348 g/mol. The smallest absolute Gasteiger partial charge is 0.198 e. The van der Waals surface area contributed by atoms with Gasteiger partial charge in [-0.05, 0) is 36.2 Å². The summed E-state index contributed by atoms with van der Waals surface area (Å²) in [4.78, 5) is 26.6. The van der Waals surface area contributed by atoms with Crippen molar-refractivity contribution in [3.8, 4) is 11.5 Å². The second-order valence-corrected chi connectivity index (χ2v) is 7.33. The Morgan fingerprint density at radius 3 is 2.15 bits per heavy atom. The van der Waals surface area contributed by atoms with E-state index in [1.165, 1.54) is 14.2 Å². The molecule has 0 aromatic heterocycles. The summed E-state index contributed by atoms with van der Waals surface area (Å²) in [6.45, 7) is 1.65. The van der Waals surface area contributed by atoms with Crippen molar-refractivity contribution in [3.63, 3.8) is 0 Å². The zero-order valence-electron chi connectivity index (χ0n) is 15.3. The van der Waals surface area contributed by atoms with Crippen LogP contribution in [0.4, 0.5) is 0 Å². The number of ketones is 2. The molecule has 2 unspecified atom stereocenters. The molecule has 0 spiro atoms. The maximum Gasteiger partial charge on any atom is 0.198 e. The monoisotopic (exact) mass is 368 g/mol. The van der Waals surface area contributed by atoms with Crippen molar-refractivity contribution in [1.82, 2.24) is 0 Å². The molecule has 0 amide bonds. The maximum atomic E-state index is 13.4. The number of hydrogen-bond donors (Lipinski definition) is 2. The first-order valence-electron chi connectivity index (χ1n) is 8.69. The fourth-order valence-electron chi connectivity index (χ4n) is 4.25. The minimum Gasteiger partial charge on any atom is -0.496 e. The van der Waals surface area contributed by atoms with Crippen LogP contribution >= 0.6 is 0 Å². The van der Waals surface area contributed by atoms with Crippen molar-refractivity contribution in [3.05, 3.63) is 57.6 Å². The third-order valence-corrected chi connectivity index (χ3v) is 5.37. The van der Waals surface area contributed by atoms with Crippen molar-refractivity contribution < 1.29 is 29.3 Å². The van der Waals surface area contributed by atoms with E-state index in [2.05, 4.69) is 0 Å². The fourth-order valence-corrected chi connectivity index (χ4v) is 4.25. The van der Waals surface area contributed by atoms with Crippen LogP contribution in [0, 0.1) is 0 Å². The molecule has 6 heteroatoms. The molecule has 27 heavy (non-hydrogen) atoms. The summed E-state index contributed by atoms with van der Waals surface area (Å²) < 4.78 is 10.6. The average Bonchev–Trinajstić information content (AvgIpc) is 2.62. The highest BCUT2D eigenvalue weighted by atomic mass is 16.5. The van der Waals surface area contributed by atoms with Gasteiger partial charge in [0.25, 0.3) is 0 Å². The average molecular weight is 368 g/mol. The number of carbonyl (C=O) groups excluding carboxylic acids is 2. The largest absolute Gasteiger partial charge is 0.496 e. The minimum atomic E-state index is -1.07. The third kappa shape index (κ3) is 2.48. The molecule has 0 saturated heterocycles. The van der Waals surface area contributed by atoms with E-state index in [4.69, 9.17) is 9.47 Å². The Bertz CT molecular complexity index is 989. The van der Waals surface area contributed by atoms with Crippen LogP contribution < -0.4 is 9.47 Å². The van der Waals surface area contributed by atoms with Crippen LogP contribution in [-0.4, -0.2) is 41.6 Å². The topological polar surface area (TPSA) is 93.1 Å². The molecular formula is C21H20O6. The second-order valence-electron chi connectivity index (χ2n) is 7.33. The fraction of sp³-hybridized carbons (Fsp3) is 0.333. The summed E-state index contributed by atoms with van der Waals surface area (Å²) in [7, 11) is 2.87. The van der Waals surface area contributed by atoms with Crippen molar-refractivity contribution >= 4 is 11.6 Å². The number of ether oxygens (including phenoxy) is 2. The van der Waals surface area contributed by atoms with E-state index < -0.39 is 11.7 Å². The van der Waals surface area contributed by atoms with Gasteiger partial charge < -0.3 is 19.7 Å². The van der Waals surface area contributed by atoms with Crippen LogP contribution in [0.25, 0.3) is 0 Å². The number of fused-ring (bicyclic) bond motifs is 4. The highest BCUT2D eigenvalue weighted by molar-refractivity contribution is 6.30. The van der Waals surface area contributed by atoms with E-state index in [9.17, 15) is 19.8 Å². The van der Waals surface area contributed by atoms with Gasteiger partial charge in [0.05, 0.1) is 37.1 Å². The Kier molecular flexibility index (Phi) is 3.87. The van der Waals surface area contributed by atoms with Crippen molar-refractivity contribution in [2.45, 2.75) is 31.5 Å². The molecule has 4 rings (SSSR count). The summed E-state index contributed by atoms with van der Waals surface area (Å²) in [6.07, 6.45) is -0.635. The normalized spacial score (nSPS) is 23.4. The van der Waals surface area contributed by atoms with Crippen LogP contribution in [0.1, 0.15) is 62.4 Å². The predicted octanol–water partition coefficient (Wildman–Crippen LogP) is 2.21. The van der Waals surface area contributed by atoms with Crippen molar-refractivity contribution in [2.24, 2.45) is 0 Å². The lowest BCUT2D eigenvalue weighted by Crippen LogP contribution is -2.36. The van der Waals surface area contributed by atoms with Crippen LogP contribution in [-0.2, 0) is 6.42 Å². The van der Waals surface area contributed by atoms with E-state index in [0.29, 0.717) is 23.3 Å². The Morgan fingerprint density at radius 1 is 0.963 bits per heavy atom. The Labute approximate surface area is 156 Å². The van der Waals surface area contributed by atoms with Crippen molar-refractivity contribution in [1.29, 1.82) is 0 Å². The van der Waals surface area contributed by atoms with Crippen LogP contribution in [0.3, 0.4) is 0 Å². The number of aliphatic hydroxyl groups is 2. The van der Waals surface area contributed by atoms with Gasteiger partial charge in [-0.1, -0.05) is 6.07 Å². The van der Waals surface area contributed by atoms with Gasteiger partial charge in [-0.2, -0.15) is 0 Å². The SMILES string of the molecule is COc1ccc(OC)c2c1C(=O)c1ccc3c(c1C2=O)C(O)CC(C)(O)C3. The number of rotatable bonds is 2. The van der Waals surface area contributed by atoms with Gasteiger partial charge in [0, 0.05) is 24.0 Å². The molecule has 2 N–H and O–H groups in total. The number of methoxy groups -OCH3 is 2. The molecule has 6 nitrogen and oxygen atoms in total. The first-order valence-corrected chi connectivity index (χ1v) is 8.69. The van der Waals surface area contributed by atoms with Gasteiger partial charge in [0.2, 0.25) is 0 Å². The second kappa shape index (κ2) is 5.90. The molecule has 2 aromatic rings. The number of hydrogen-bond acceptors (Lipinski definition) is 6. The summed E-state index contributed by atoms with van der Waals surface area (Å²) in [5.74, 6) is -0.142. The predicted molar refractivity (Wildman–Crippen MR) is 96.8 cm³/mol. The van der Waals surface area contributed by atoms with E-state index in [0.717, 1.165) is 0 Å². The molecule has 2 aromatic carbocycles. The molecule has 0 aliphatic heterocycles. The number of carbonyl (C=O) groups is 2. The van der Waals surface area contributed by atoms with Crippen molar-refractivity contribution in [2.75, 3.05) is 14.2 Å². The quantitative estimate of drug-likeness (QED) is 0.720. The molecule has 2 aliphatic rings. The van der Waals surface area contributed by atoms with Gasteiger partial charge in [0.1, 0.15) is 11.5 Å². The molecule has 140 valence electrons. The lowest BCUT2D eigenvalue weighted by Gasteiger charge is -2.36. The Morgan fingerprint density at radius 2 is 1.56 bits per heavy atom. The molecule has 2 aliphatic carbocycles.